The number of hydrogen-bond acceptors (Lipinski definition) is 9. The van der Waals surface area contributed by atoms with Crippen LogP contribution in [-0.2, 0) is 18.8 Å². The maximum absolute atomic E-state index is 12.7. The van der Waals surface area contributed by atoms with Crippen molar-refractivity contribution < 1.29 is 28.4 Å². The molecule has 0 bridgehead atoms. The van der Waals surface area contributed by atoms with Gasteiger partial charge in [0.1, 0.15) is 30.1 Å². The van der Waals surface area contributed by atoms with E-state index in [0.717, 1.165) is 11.0 Å². The second kappa shape index (κ2) is 16.4. The van der Waals surface area contributed by atoms with Gasteiger partial charge in [-0.15, -0.1) is 0 Å². The molecule has 1 saturated heterocycles. The molecule has 2 heterocycles. The minimum absolute atomic E-state index is 0.0247. The highest BCUT2D eigenvalue weighted by atomic mass is 35.5. The SMILES string of the molecule is CCNC(=O)CC1N=C(c2ccc(Cl)cc2)c2cc(OCCOCCNC(=O)c3ccc(B4OC(C)(C)C(C)(C)O4)cc3)ccc2N(C(C)=N)C1=N. The van der Waals surface area contributed by atoms with Crippen LogP contribution in [0.4, 0.5) is 5.69 Å². The van der Waals surface area contributed by atoms with Crippen molar-refractivity contribution in [2.75, 3.05) is 37.8 Å². The molecular weight excluding hydrogens is 683 g/mol. The quantitative estimate of drug-likeness (QED) is 0.0836. The van der Waals surface area contributed by atoms with Crippen molar-refractivity contribution in [3.05, 3.63) is 88.4 Å². The highest BCUT2D eigenvalue weighted by Crippen LogP contribution is 2.36. The summed E-state index contributed by atoms with van der Waals surface area (Å²) in [4.78, 5) is 31.8. The van der Waals surface area contributed by atoms with Gasteiger partial charge in [0.15, 0.2) is 0 Å². The lowest BCUT2D eigenvalue weighted by atomic mass is 9.79. The summed E-state index contributed by atoms with van der Waals surface area (Å²) in [6, 6.07) is 18.9. The third-order valence-corrected chi connectivity index (χ3v) is 9.49. The number of amides is 2. The molecule has 2 amide bonds. The van der Waals surface area contributed by atoms with Crippen molar-refractivity contribution in [3.63, 3.8) is 0 Å². The van der Waals surface area contributed by atoms with Gasteiger partial charge >= 0.3 is 7.12 Å². The molecule has 0 radical (unpaired) electrons. The van der Waals surface area contributed by atoms with Crippen molar-refractivity contribution >= 4 is 59.1 Å². The number of ether oxygens (including phenoxy) is 2. The number of anilines is 1. The average Bonchev–Trinajstić information content (AvgIpc) is 3.25. The Labute approximate surface area is 310 Å². The Balaban J connectivity index is 1.18. The van der Waals surface area contributed by atoms with Crippen LogP contribution in [0.3, 0.4) is 0 Å². The molecule has 14 heteroatoms. The van der Waals surface area contributed by atoms with Crippen molar-refractivity contribution in [2.45, 2.75) is 65.2 Å². The minimum atomic E-state index is -0.830. The number of halogens is 1. The molecule has 274 valence electrons. The number of nitrogens with one attached hydrogen (secondary N) is 4. The van der Waals surface area contributed by atoms with E-state index in [-0.39, 0.29) is 43.1 Å². The number of carbonyl (C=O) groups is 2. The first-order valence-electron chi connectivity index (χ1n) is 17.3. The van der Waals surface area contributed by atoms with Crippen molar-refractivity contribution in [2.24, 2.45) is 4.99 Å². The van der Waals surface area contributed by atoms with Crippen LogP contribution in [-0.4, -0.2) is 86.5 Å². The standard InChI is InChI=1S/C38H46BClN6O6/c1-7-43-33(47)23-31-35(42)46(24(2)41)32-17-16-29(22-30(32)34(45-31)25-10-14-28(40)15-11-25)50-21-20-49-19-18-44-36(48)26-8-12-27(13-9-26)39-51-37(3,4)38(5,6)52-39/h8-17,22,31,41-42H,7,18-21,23H2,1-6H3,(H,43,47)(H,44,48). The molecule has 1 unspecified atom stereocenters. The third kappa shape index (κ3) is 8.90. The number of amidine groups is 2. The molecule has 1 atom stereocenters. The number of aliphatic imine (C=N–C) groups is 1. The molecule has 12 nitrogen and oxygen atoms in total. The summed E-state index contributed by atoms with van der Waals surface area (Å²) in [5, 5.41) is 23.7. The molecule has 1 fully saturated rings. The van der Waals surface area contributed by atoms with Crippen LogP contribution in [0.5, 0.6) is 5.75 Å². The van der Waals surface area contributed by atoms with E-state index >= 15 is 0 Å². The molecule has 4 N–H and O–H groups in total. The van der Waals surface area contributed by atoms with Crippen molar-refractivity contribution in [1.29, 1.82) is 10.8 Å². The summed E-state index contributed by atoms with van der Waals surface area (Å²) < 4.78 is 24.0. The highest BCUT2D eigenvalue weighted by Gasteiger charge is 2.51. The van der Waals surface area contributed by atoms with Gasteiger partial charge in [0, 0.05) is 34.8 Å². The van der Waals surface area contributed by atoms with E-state index in [1.807, 2.05) is 65.0 Å². The zero-order valence-corrected chi connectivity index (χ0v) is 31.2. The topological polar surface area (TPSA) is 158 Å². The Hall–Kier alpha value is -4.56. The highest BCUT2D eigenvalue weighted by molar-refractivity contribution is 6.62. The molecule has 2 aliphatic heterocycles. The number of rotatable bonds is 13. The Kier molecular flexibility index (Phi) is 12.2. The number of benzene rings is 3. The van der Waals surface area contributed by atoms with Crippen LogP contribution in [0, 0.1) is 10.8 Å². The molecule has 0 saturated carbocycles. The summed E-state index contributed by atoms with van der Waals surface area (Å²) in [5.74, 6) is 0.238. The summed E-state index contributed by atoms with van der Waals surface area (Å²) in [5.41, 5.74) is 3.00. The van der Waals surface area contributed by atoms with Crippen LogP contribution >= 0.6 is 11.6 Å². The molecule has 0 spiro atoms. The minimum Gasteiger partial charge on any atom is -0.491 e. The lowest BCUT2D eigenvalue weighted by Gasteiger charge is -2.32. The van der Waals surface area contributed by atoms with Gasteiger partial charge in [-0.05, 0) is 89.5 Å². The number of benzodiazepines with no additional fused rings is 1. The largest absolute Gasteiger partial charge is 0.494 e. The maximum Gasteiger partial charge on any atom is 0.494 e. The second-order valence-corrected chi connectivity index (χ2v) is 14.0. The molecular formula is C38H46BClN6O6. The van der Waals surface area contributed by atoms with Gasteiger partial charge in [0.2, 0.25) is 5.91 Å². The molecule has 3 aromatic carbocycles. The summed E-state index contributed by atoms with van der Waals surface area (Å²) in [6.45, 7) is 13.0. The van der Waals surface area contributed by atoms with Crippen LogP contribution in [0.15, 0.2) is 71.7 Å². The molecule has 52 heavy (non-hydrogen) atoms. The van der Waals surface area contributed by atoms with E-state index in [2.05, 4.69) is 10.6 Å². The smallest absolute Gasteiger partial charge is 0.491 e. The summed E-state index contributed by atoms with van der Waals surface area (Å²) in [6.07, 6.45) is -0.0442. The molecule has 5 rings (SSSR count). The molecule has 3 aromatic rings. The predicted octanol–water partition coefficient (Wildman–Crippen LogP) is 4.99. The predicted molar refractivity (Wildman–Crippen MR) is 205 cm³/mol. The van der Waals surface area contributed by atoms with Gasteiger partial charge < -0.3 is 29.4 Å². The van der Waals surface area contributed by atoms with Crippen LogP contribution in [0.25, 0.3) is 0 Å². The molecule has 2 aliphatic rings. The van der Waals surface area contributed by atoms with Crippen molar-refractivity contribution in [3.8, 4) is 5.75 Å². The van der Waals surface area contributed by atoms with Crippen LogP contribution in [0.1, 0.15) is 69.4 Å². The van der Waals surface area contributed by atoms with Gasteiger partial charge in [-0.25, -0.2) is 0 Å². The Morgan fingerprint density at radius 3 is 2.27 bits per heavy atom. The van der Waals surface area contributed by atoms with Gasteiger partial charge in [0.25, 0.3) is 5.91 Å². The first-order valence-corrected chi connectivity index (χ1v) is 17.7. The van der Waals surface area contributed by atoms with E-state index in [4.69, 9.17) is 46.2 Å². The van der Waals surface area contributed by atoms with Crippen LogP contribution in [0.2, 0.25) is 5.02 Å². The van der Waals surface area contributed by atoms with E-state index in [1.54, 1.807) is 43.3 Å². The zero-order chi connectivity index (χ0) is 37.6. The van der Waals surface area contributed by atoms with Gasteiger partial charge in [-0.2, -0.15) is 0 Å². The summed E-state index contributed by atoms with van der Waals surface area (Å²) >= 11 is 6.19. The fraction of sp³-hybridized carbons (Fsp3) is 0.395. The average molecular weight is 729 g/mol. The maximum atomic E-state index is 12.7. The van der Waals surface area contributed by atoms with E-state index in [9.17, 15) is 9.59 Å². The Bertz CT molecular complexity index is 1820. The lowest BCUT2D eigenvalue weighted by molar-refractivity contribution is -0.121. The van der Waals surface area contributed by atoms with Gasteiger partial charge in [-0.3, -0.25) is 30.3 Å². The van der Waals surface area contributed by atoms with Gasteiger partial charge in [0.05, 0.1) is 42.2 Å². The number of carbonyl (C=O) groups excluding carboxylic acids is 2. The fourth-order valence-corrected chi connectivity index (χ4v) is 5.90. The molecule has 0 aromatic heterocycles. The van der Waals surface area contributed by atoms with Gasteiger partial charge in [-0.1, -0.05) is 35.9 Å². The first-order chi connectivity index (χ1) is 24.7. The lowest BCUT2D eigenvalue weighted by Crippen LogP contribution is -2.42. The van der Waals surface area contributed by atoms with E-state index in [0.29, 0.717) is 53.0 Å². The van der Waals surface area contributed by atoms with Crippen LogP contribution < -0.4 is 25.7 Å². The first kappa shape index (κ1) is 38.7. The normalized spacial score (nSPS) is 17.6. The number of fused-ring (bicyclic) bond motifs is 1. The Morgan fingerprint density at radius 1 is 0.962 bits per heavy atom. The third-order valence-electron chi connectivity index (χ3n) is 9.24. The van der Waals surface area contributed by atoms with E-state index < -0.39 is 24.4 Å². The van der Waals surface area contributed by atoms with Crippen molar-refractivity contribution in [1.82, 2.24) is 10.6 Å². The molecule has 0 aliphatic carbocycles. The van der Waals surface area contributed by atoms with E-state index in [1.165, 1.54) is 4.90 Å². The number of hydrogen-bond donors (Lipinski definition) is 4. The monoisotopic (exact) mass is 728 g/mol. The number of nitrogens with zero attached hydrogens (tertiary/aromatic N) is 2. The fourth-order valence-electron chi connectivity index (χ4n) is 5.77. The summed E-state index contributed by atoms with van der Waals surface area (Å²) in [7, 11) is -0.491. The Morgan fingerprint density at radius 2 is 1.63 bits per heavy atom. The zero-order valence-electron chi connectivity index (χ0n) is 30.5. The second-order valence-electron chi connectivity index (χ2n) is 13.6.